The van der Waals surface area contributed by atoms with Crippen LogP contribution in [0.15, 0.2) is 72.8 Å². The van der Waals surface area contributed by atoms with E-state index in [0.717, 1.165) is 90.7 Å². The Labute approximate surface area is 251 Å². The van der Waals surface area contributed by atoms with Crippen LogP contribution >= 0.6 is 0 Å². The number of piperidine rings is 1. The monoisotopic (exact) mass is 570 g/mol. The predicted octanol–water partition coefficient (Wildman–Crippen LogP) is 4.91. The summed E-state index contributed by atoms with van der Waals surface area (Å²) >= 11 is 0. The summed E-state index contributed by atoms with van der Waals surface area (Å²) in [5.74, 6) is 1.37. The van der Waals surface area contributed by atoms with Gasteiger partial charge in [-0.05, 0) is 60.3 Å². The molecule has 1 N–H and O–H groups in total. The second kappa shape index (κ2) is 14.4. The Morgan fingerprint density at radius 2 is 1.71 bits per heavy atom. The molecule has 3 aromatic rings. The van der Waals surface area contributed by atoms with Gasteiger partial charge in [-0.15, -0.1) is 0 Å². The van der Waals surface area contributed by atoms with Gasteiger partial charge < -0.3 is 29.3 Å². The number of fused-ring (bicyclic) bond motifs is 1. The van der Waals surface area contributed by atoms with Crippen molar-refractivity contribution in [1.82, 2.24) is 10.2 Å². The highest BCUT2D eigenvalue weighted by Gasteiger charge is 2.28. The molecule has 2 unspecified atom stereocenters. The fourth-order valence-electron chi connectivity index (χ4n) is 6.56. The Morgan fingerprint density at radius 1 is 0.905 bits per heavy atom. The van der Waals surface area contributed by atoms with Crippen molar-refractivity contribution >= 4 is 11.4 Å². The molecular weight excluding hydrogens is 524 g/mol. The van der Waals surface area contributed by atoms with E-state index in [1.165, 1.54) is 28.1 Å². The second-order valence-corrected chi connectivity index (χ2v) is 11.8. The van der Waals surface area contributed by atoms with Crippen LogP contribution in [0.4, 0.5) is 11.4 Å². The molecule has 3 aliphatic heterocycles. The molecule has 0 aliphatic carbocycles. The number of methoxy groups -OCH3 is 1. The van der Waals surface area contributed by atoms with Crippen molar-refractivity contribution in [2.75, 3.05) is 82.5 Å². The van der Waals surface area contributed by atoms with Crippen LogP contribution in [0.2, 0.25) is 0 Å². The minimum atomic E-state index is 0.153. The lowest BCUT2D eigenvalue weighted by atomic mass is 9.87. The van der Waals surface area contributed by atoms with E-state index in [-0.39, 0.29) is 6.10 Å². The molecule has 6 rings (SSSR count). The van der Waals surface area contributed by atoms with Crippen molar-refractivity contribution in [1.29, 1.82) is 0 Å². The average Bonchev–Trinajstić information content (AvgIpc) is 3.05. The van der Waals surface area contributed by atoms with Gasteiger partial charge in [-0.2, -0.15) is 0 Å². The van der Waals surface area contributed by atoms with Gasteiger partial charge in [-0.3, -0.25) is 4.90 Å². The van der Waals surface area contributed by atoms with Gasteiger partial charge in [0.05, 0.1) is 24.9 Å². The lowest BCUT2D eigenvalue weighted by Gasteiger charge is -2.36. The molecule has 0 bridgehead atoms. The van der Waals surface area contributed by atoms with E-state index >= 15 is 0 Å². The van der Waals surface area contributed by atoms with Gasteiger partial charge in [0.25, 0.3) is 0 Å². The molecule has 0 radical (unpaired) electrons. The first kappa shape index (κ1) is 29.0. The van der Waals surface area contributed by atoms with Crippen LogP contribution in [0.3, 0.4) is 0 Å². The molecule has 0 spiro atoms. The molecule has 7 heteroatoms. The molecule has 0 saturated carbocycles. The van der Waals surface area contributed by atoms with Gasteiger partial charge in [-0.25, -0.2) is 0 Å². The van der Waals surface area contributed by atoms with Gasteiger partial charge in [0.15, 0.2) is 0 Å². The van der Waals surface area contributed by atoms with E-state index in [1.807, 2.05) is 0 Å². The summed E-state index contributed by atoms with van der Waals surface area (Å²) in [4.78, 5) is 7.48. The SMILES string of the molecule is COCCCN1CCOc2ccc(COC3CNCCC3c3ccc(CN4CCN(c5ccccc5)CC4)cc3)cc21. The number of nitrogens with zero attached hydrogens (tertiary/aromatic N) is 3. The summed E-state index contributed by atoms with van der Waals surface area (Å²) in [6, 6.07) is 26.6. The molecule has 42 heavy (non-hydrogen) atoms. The highest BCUT2D eigenvalue weighted by Crippen LogP contribution is 2.34. The van der Waals surface area contributed by atoms with E-state index < -0.39 is 0 Å². The highest BCUT2D eigenvalue weighted by atomic mass is 16.5. The third-order valence-corrected chi connectivity index (χ3v) is 8.96. The minimum Gasteiger partial charge on any atom is -0.490 e. The number of nitrogens with one attached hydrogen (secondary N) is 1. The van der Waals surface area contributed by atoms with Gasteiger partial charge in [0, 0.05) is 71.1 Å². The molecule has 3 aliphatic rings. The van der Waals surface area contributed by atoms with E-state index in [2.05, 4.69) is 92.8 Å². The van der Waals surface area contributed by atoms with Crippen LogP contribution in [-0.4, -0.2) is 83.7 Å². The normalized spacial score (nSPS) is 21.2. The summed E-state index contributed by atoms with van der Waals surface area (Å²) in [5.41, 5.74) is 6.49. The van der Waals surface area contributed by atoms with Gasteiger partial charge in [-0.1, -0.05) is 48.5 Å². The summed E-state index contributed by atoms with van der Waals surface area (Å²) in [7, 11) is 1.76. The minimum absolute atomic E-state index is 0.153. The quantitative estimate of drug-likeness (QED) is 0.329. The maximum atomic E-state index is 6.60. The molecule has 0 aromatic heterocycles. The molecule has 224 valence electrons. The standard InChI is InChI=1S/C35H46N4O3/c1-40-22-5-16-39-21-23-41-34-13-10-29(24-33(34)39)27-42-35-25-36-15-14-32(35)30-11-8-28(9-12-30)26-37-17-19-38(20-18-37)31-6-3-2-4-7-31/h2-4,6-13,24,32,35-36H,5,14-23,25-27H2,1H3. The number of hydrogen-bond acceptors (Lipinski definition) is 7. The average molecular weight is 571 g/mol. The van der Waals surface area contributed by atoms with Crippen molar-refractivity contribution in [3.05, 3.63) is 89.5 Å². The zero-order valence-electron chi connectivity index (χ0n) is 25.0. The lowest BCUT2D eigenvalue weighted by Crippen LogP contribution is -2.45. The number of para-hydroxylation sites is 1. The zero-order chi connectivity index (χ0) is 28.6. The highest BCUT2D eigenvalue weighted by molar-refractivity contribution is 5.61. The number of ether oxygens (including phenoxy) is 3. The first-order valence-corrected chi connectivity index (χ1v) is 15.7. The van der Waals surface area contributed by atoms with Gasteiger partial charge >= 0.3 is 0 Å². The predicted molar refractivity (Wildman–Crippen MR) is 170 cm³/mol. The number of benzene rings is 3. The molecule has 0 amide bonds. The summed E-state index contributed by atoms with van der Waals surface area (Å²) in [6.07, 6.45) is 2.26. The largest absolute Gasteiger partial charge is 0.490 e. The Hall–Kier alpha value is -3.10. The van der Waals surface area contributed by atoms with Gasteiger partial charge in [0.2, 0.25) is 0 Å². The van der Waals surface area contributed by atoms with Crippen molar-refractivity contribution in [2.45, 2.75) is 38.0 Å². The third-order valence-electron chi connectivity index (χ3n) is 8.96. The van der Waals surface area contributed by atoms with Crippen molar-refractivity contribution < 1.29 is 14.2 Å². The fourth-order valence-corrected chi connectivity index (χ4v) is 6.56. The molecular formula is C35H46N4O3. The van der Waals surface area contributed by atoms with Crippen LogP contribution in [0.5, 0.6) is 5.75 Å². The summed E-state index contributed by atoms with van der Waals surface area (Å²) < 4.78 is 17.8. The number of anilines is 2. The van der Waals surface area contributed by atoms with E-state index in [4.69, 9.17) is 14.2 Å². The van der Waals surface area contributed by atoms with Crippen molar-refractivity contribution in [3.63, 3.8) is 0 Å². The first-order valence-electron chi connectivity index (χ1n) is 15.7. The van der Waals surface area contributed by atoms with E-state index in [1.54, 1.807) is 7.11 Å². The molecule has 2 atom stereocenters. The van der Waals surface area contributed by atoms with Crippen LogP contribution in [-0.2, 0) is 22.6 Å². The molecule has 7 nitrogen and oxygen atoms in total. The number of rotatable bonds is 11. The van der Waals surface area contributed by atoms with Crippen LogP contribution in [0.25, 0.3) is 0 Å². The maximum absolute atomic E-state index is 6.60. The van der Waals surface area contributed by atoms with Crippen molar-refractivity contribution in [3.8, 4) is 5.75 Å². The first-order chi connectivity index (χ1) is 20.8. The Bertz CT molecular complexity index is 1250. The second-order valence-electron chi connectivity index (χ2n) is 11.8. The van der Waals surface area contributed by atoms with E-state index in [9.17, 15) is 0 Å². The van der Waals surface area contributed by atoms with Crippen LogP contribution in [0.1, 0.15) is 35.4 Å². The number of hydrogen-bond donors (Lipinski definition) is 1. The summed E-state index contributed by atoms with van der Waals surface area (Å²) in [5, 5.41) is 3.56. The molecule has 2 fully saturated rings. The topological polar surface area (TPSA) is 49.4 Å². The molecule has 3 heterocycles. The Kier molecular flexibility index (Phi) is 9.93. The zero-order valence-corrected chi connectivity index (χ0v) is 25.0. The summed E-state index contributed by atoms with van der Waals surface area (Å²) in [6.45, 7) is 11.3. The van der Waals surface area contributed by atoms with Crippen LogP contribution < -0.4 is 19.9 Å². The fraction of sp³-hybridized carbons (Fsp3) is 0.486. The van der Waals surface area contributed by atoms with Crippen molar-refractivity contribution in [2.24, 2.45) is 0 Å². The Morgan fingerprint density at radius 3 is 2.52 bits per heavy atom. The van der Waals surface area contributed by atoms with Gasteiger partial charge in [0.1, 0.15) is 12.4 Å². The molecule has 3 aromatic carbocycles. The number of piperazine rings is 1. The molecule has 2 saturated heterocycles. The smallest absolute Gasteiger partial charge is 0.142 e. The van der Waals surface area contributed by atoms with E-state index in [0.29, 0.717) is 12.5 Å². The third kappa shape index (κ3) is 7.27. The van der Waals surface area contributed by atoms with Crippen LogP contribution in [0, 0.1) is 0 Å². The lowest BCUT2D eigenvalue weighted by molar-refractivity contribution is 0.0106. The Balaban J connectivity index is 1.03. The maximum Gasteiger partial charge on any atom is 0.142 e.